The molecule has 0 saturated heterocycles. The second kappa shape index (κ2) is 11.3. The third-order valence-electron chi connectivity index (χ3n) is 5.26. The summed E-state index contributed by atoms with van der Waals surface area (Å²) in [6.45, 7) is 7.93. The van der Waals surface area contributed by atoms with E-state index in [4.69, 9.17) is 23.2 Å². The van der Waals surface area contributed by atoms with Gasteiger partial charge in [-0.25, -0.2) is 0 Å². The van der Waals surface area contributed by atoms with Crippen LogP contribution in [0.25, 0.3) is 0 Å². The van der Waals surface area contributed by atoms with Crippen molar-refractivity contribution in [1.82, 2.24) is 20.1 Å². The third kappa shape index (κ3) is 6.31. The van der Waals surface area contributed by atoms with Gasteiger partial charge < -0.3 is 15.2 Å². The highest BCUT2D eigenvalue weighted by atomic mass is 35.5. The van der Waals surface area contributed by atoms with Crippen LogP contribution < -0.4 is 10.6 Å². The highest BCUT2D eigenvalue weighted by Crippen LogP contribution is 2.26. The highest BCUT2D eigenvalue weighted by Gasteiger charge is 2.26. The van der Waals surface area contributed by atoms with Gasteiger partial charge >= 0.3 is 0 Å². The first kappa shape index (κ1) is 26.1. The Morgan fingerprint density at radius 1 is 1.09 bits per heavy atom. The summed E-state index contributed by atoms with van der Waals surface area (Å²) in [5.41, 5.74) is 3.27. The predicted octanol–water partition coefficient (Wildman–Crippen LogP) is 5.60. The molecule has 0 unspecified atom stereocenters. The van der Waals surface area contributed by atoms with E-state index < -0.39 is 6.04 Å². The maximum Gasteiger partial charge on any atom is 0.253 e. The van der Waals surface area contributed by atoms with Gasteiger partial charge in [-0.2, -0.15) is 0 Å². The number of aryl methyl sites for hydroxylation is 2. The average molecular weight is 520 g/mol. The molecule has 0 aliphatic heterocycles. The molecule has 1 aromatic heterocycles. The maximum absolute atomic E-state index is 12.9. The number of aromatic nitrogens is 3. The van der Waals surface area contributed by atoms with Crippen LogP contribution in [0, 0.1) is 19.8 Å². The van der Waals surface area contributed by atoms with Crippen molar-refractivity contribution in [3.8, 4) is 0 Å². The average Bonchev–Trinajstić information content (AvgIpc) is 3.12. The van der Waals surface area contributed by atoms with E-state index in [1.165, 1.54) is 17.8 Å². The minimum atomic E-state index is -0.407. The molecule has 0 aliphatic carbocycles. The Hall–Kier alpha value is -2.55. The zero-order valence-corrected chi connectivity index (χ0v) is 22.0. The molecule has 2 amide bonds. The second-order valence-electron chi connectivity index (χ2n) is 8.37. The molecule has 1 heterocycles. The Morgan fingerprint density at radius 2 is 1.82 bits per heavy atom. The van der Waals surface area contributed by atoms with Crippen LogP contribution in [0.5, 0.6) is 0 Å². The van der Waals surface area contributed by atoms with Crippen LogP contribution >= 0.6 is 35.0 Å². The standard InChI is InChI=1S/C24H27Cl2N5O2S/c1-13(2)21(28-23(33)17-8-7-16(25)11-18(17)26)22-29-30-24(31(22)5)34-12-20(32)27-19-9-6-14(3)10-15(19)4/h6-11,13,21H,12H2,1-5H3,(H,27,32)(H,28,33)/t21-/m0/s1. The van der Waals surface area contributed by atoms with E-state index >= 15 is 0 Å². The van der Waals surface area contributed by atoms with Gasteiger partial charge in [-0.05, 0) is 49.6 Å². The van der Waals surface area contributed by atoms with E-state index in [1.54, 1.807) is 16.7 Å². The topological polar surface area (TPSA) is 88.9 Å². The van der Waals surface area contributed by atoms with Gasteiger partial charge in [-0.15, -0.1) is 10.2 Å². The molecule has 1 atom stereocenters. The van der Waals surface area contributed by atoms with Crippen LogP contribution in [0.3, 0.4) is 0 Å². The Morgan fingerprint density at radius 3 is 2.47 bits per heavy atom. The minimum Gasteiger partial charge on any atom is -0.342 e. The van der Waals surface area contributed by atoms with Crippen LogP contribution in [0.15, 0.2) is 41.6 Å². The second-order valence-corrected chi connectivity index (χ2v) is 10.2. The number of amides is 2. The fraction of sp³-hybridized carbons (Fsp3) is 0.333. The van der Waals surface area contributed by atoms with Crippen molar-refractivity contribution in [3.63, 3.8) is 0 Å². The molecular formula is C24H27Cl2N5O2S. The van der Waals surface area contributed by atoms with Crippen LogP contribution in [0.4, 0.5) is 5.69 Å². The summed E-state index contributed by atoms with van der Waals surface area (Å²) >= 11 is 13.4. The maximum atomic E-state index is 12.9. The number of hydrogen-bond acceptors (Lipinski definition) is 5. The normalized spacial score (nSPS) is 12.0. The van der Waals surface area contributed by atoms with Gasteiger partial charge in [0.1, 0.15) is 0 Å². The summed E-state index contributed by atoms with van der Waals surface area (Å²) in [4.78, 5) is 25.3. The smallest absolute Gasteiger partial charge is 0.253 e. The molecule has 0 saturated carbocycles. The predicted molar refractivity (Wildman–Crippen MR) is 138 cm³/mol. The van der Waals surface area contributed by atoms with E-state index in [9.17, 15) is 9.59 Å². The van der Waals surface area contributed by atoms with Gasteiger partial charge in [0.05, 0.1) is 22.4 Å². The zero-order valence-electron chi connectivity index (χ0n) is 19.6. The zero-order chi connectivity index (χ0) is 25.0. The molecule has 10 heteroatoms. The molecule has 0 spiro atoms. The van der Waals surface area contributed by atoms with Gasteiger partial charge in [0.25, 0.3) is 5.91 Å². The molecular weight excluding hydrogens is 493 g/mol. The first-order chi connectivity index (χ1) is 16.1. The summed E-state index contributed by atoms with van der Waals surface area (Å²) in [6.07, 6.45) is 0. The SMILES string of the molecule is Cc1ccc(NC(=O)CSc2nnc([C@@H](NC(=O)c3ccc(Cl)cc3Cl)C(C)C)n2C)c(C)c1. The number of carbonyl (C=O) groups excluding carboxylic acids is 2. The first-order valence-corrected chi connectivity index (χ1v) is 12.5. The van der Waals surface area contributed by atoms with Crippen LogP contribution in [0.1, 0.15) is 47.2 Å². The van der Waals surface area contributed by atoms with Crippen molar-refractivity contribution in [2.24, 2.45) is 13.0 Å². The Kier molecular flexibility index (Phi) is 8.62. The van der Waals surface area contributed by atoms with Crippen molar-refractivity contribution >= 4 is 52.5 Å². The fourth-order valence-electron chi connectivity index (χ4n) is 3.41. The lowest BCUT2D eigenvalue weighted by atomic mass is 10.0. The van der Waals surface area contributed by atoms with Crippen molar-refractivity contribution < 1.29 is 9.59 Å². The molecule has 3 rings (SSSR count). The molecule has 0 radical (unpaired) electrons. The number of thioether (sulfide) groups is 1. The number of halogens is 2. The molecule has 0 aliphatic rings. The molecule has 2 N–H and O–H groups in total. The summed E-state index contributed by atoms with van der Waals surface area (Å²) in [5, 5.41) is 15.8. The summed E-state index contributed by atoms with van der Waals surface area (Å²) < 4.78 is 1.80. The van der Waals surface area contributed by atoms with Crippen molar-refractivity contribution in [1.29, 1.82) is 0 Å². The lowest BCUT2D eigenvalue weighted by Crippen LogP contribution is -2.33. The highest BCUT2D eigenvalue weighted by molar-refractivity contribution is 7.99. The number of hydrogen-bond donors (Lipinski definition) is 2. The van der Waals surface area contributed by atoms with Gasteiger partial charge in [0, 0.05) is 17.8 Å². The third-order valence-corrected chi connectivity index (χ3v) is 6.83. The lowest BCUT2D eigenvalue weighted by Gasteiger charge is -2.22. The van der Waals surface area contributed by atoms with Gasteiger partial charge in [0.15, 0.2) is 11.0 Å². The Balaban J connectivity index is 1.69. The molecule has 180 valence electrons. The van der Waals surface area contributed by atoms with Gasteiger partial charge in [-0.1, -0.05) is 66.5 Å². The van der Waals surface area contributed by atoms with E-state index in [1.807, 2.05) is 52.9 Å². The van der Waals surface area contributed by atoms with Crippen LogP contribution in [-0.4, -0.2) is 32.3 Å². The van der Waals surface area contributed by atoms with Gasteiger partial charge in [-0.3, -0.25) is 9.59 Å². The van der Waals surface area contributed by atoms with Crippen LogP contribution in [0.2, 0.25) is 10.0 Å². The Bertz CT molecular complexity index is 1210. The van der Waals surface area contributed by atoms with E-state index in [-0.39, 0.29) is 28.5 Å². The summed E-state index contributed by atoms with van der Waals surface area (Å²) in [6, 6.07) is 10.2. The van der Waals surface area contributed by atoms with Crippen LogP contribution in [-0.2, 0) is 11.8 Å². The van der Waals surface area contributed by atoms with E-state index in [0.29, 0.717) is 21.6 Å². The number of rotatable bonds is 8. The molecule has 3 aromatic rings. The minimum absolute atomic E-state index is 0.0311. The quantitative estimate of drug-likeness (QED) is 0.378. The fourth-order valence-corrected chi connectivity index (χ4v) is 4.63. The Labute approximate surface area is 213 Å². The van der Waals surface area contributed by atoms with E-state index in [2.05, 4.69) is 20.8 Å². The largest absolute Gasteiger partial charge is 0.342 e. The molecule has 2 aromatic carbocycles. The summed E-state index contributed by atoms with van der Waals surface area (Å²) in [7, 11) is 1.82. The number of carbonyl (C=O) groups is 2. The molecule has 0 fully saturated rings. The lowest BCUT2D eigenvalue weighted by molar-refractivity contribution is -0.113. The number of nitrogens with one attached hydrogen (secondary N) is 2. The van der Waals surface area contributed by atoms with Crippen molar-refractivity contribution in [2.75, 3.05) is 11.1 Å². The number of anilines is 1. The number of nitrogens with zero attached hydrogens (tertiary/aromatic N) is 3. The van der Waals surface area contributed by atoms with Crippen molar-refractivity contribution in [3.05, 3.63) is 69.0 Å². The molecule has 0 bridgehead atoms. The first-order valence-electron chi connectivity index (χ1n) is 10.7. The molecule has 34 heavy (non-hydrogen) atoms. The summed E-state index contributed by atoms with van der Waals surface area (Å²) in [5.74, 6) is 0.339. The number of benzene rings is 2. The monoisotopic (exact) mass is 519 g/mol. The van der Waals surface area contributed by atoms with Gasteiger partial charge in [0.2, 0.25) is 5.91 Å². The van der Waals surface area contributed by atoms with E-state index in [0.717, 1.165) is 16.8 Å². The molecule has 7 nitrogen and oxygen atoms in total. The van der Waals surface area contributed by atoms with Crippen molar-refractivity contribution in [2.45, 2.75) is 38.9 Å².